The summed E-state index contributed by atoms with van der Waals surface area (Å²) < 4.78 is 85.4. The van der Waals surface area contributed by atoms with Crippen molar-refractivity contribution < 1.29 is 41.1 Å². The second-order valence-corrected chi connectivity index (χ2v) is 9.80. The highest BCUT2D eigenvalue weighted by Gasteiger charge is 2.57. The average molecular weight is 495 g/mol. The van der Waals surface area contributed by atoms with Crippen LogP contribution in [0, 0.1) is 5.41 Å². The standard InChI is InChI=1S/C20H20F6N4O2S/c1-17(8-19(22,23)9-17)10-29-14(13(20(24,25)26)15(28-29)18(21)4-5-18)16(31)27-11-3-6-30(32)12(7-11)33-2/h3,6-7,32H,4-5,8-10H2,1-2H3/p+1. The van der Waals surface area contributed by atoms with E-state index < -0.39 is 65.4 Å². The van der Waals surface area contributed by atoms with Crippen molar-refractivity contribution in [1.82, 2.24) is 9.78 Å². The fourth-order valence-electron chi connectivity index (χ4n) is 4.30. The molecule has 2 aromatic rings. The molecule has 2 saturated carbocycles. The molecule has 0 saturated heterocycles. The van der Waals surface area contributed by atoms with Gasteiger partial charge in [0, 0.05) is 36.2 Å². The van der Waals surface area contributed by atoms with E-state index in [0.29, 0.717) is 9.71 Å². The summed E-state index contributed by atoms with van der Waals surface area (Å²) in [5.41, 5.74) is -6.63. The number of aromatic nitrogens is 3. The monoisotopic (exact) mass is 495 g/mol. The molecule has 4 rings (SSSR count). The van der Waals surface area contributed by atoms with Crippen LogP contribution in [0.2, 0.25) is 0 Å². The van der Waals surface area contributed by atoms with E-state index >= 15 is 0 Å². The molecule has 180 valence electrons. The van der Waals surface area contributed by atoms with E-state index in [1.54, 1.807) is 6.26 Å². The molecular formula is C20H21F6N4O2S+. The fourth-order valence-corrected chi connectivity index (χ4v) is 4.79. The van der Waals surface area contributed by atoms with Gasteiger partial charge in [-0.2, -0.15) is 18.3 Å². The molecule has 2 aromatic heterocycles. The van der Waals surface area contributed by atoms with Crippen LogP contribution < -0.4 is 10.0 Å². The van der Waals surface area contributed by atoms with Crippen LogP contribution in [-0.4, -0.2) is 33.1 Å². The van der Waals surface area contributed by atoms with E-state index in [9.17, 15) is 36.3 Å². The predicted molar refractivity (Wildman–Crippen MR) is 105 cm³/mol. The van der Waals surface area contributed by atoms with E-state index in [-0.39, 0.29) is 18.5 Å². The van der Waals surface area contributed by atoms with Gasteiger partial charge in [-0.15, -0.1) is 0 Å². The van der Waals surface area contributed by atoms with E-state index in [2.05, 4.69) is 10.4 Å². The van der Waals surface area contributed by atoms with Crippen molar-refractivity contribution in [2.45, 2.75) is 61.9 Å². The number of anilines is 1. The second-order valence-electron chi connectivity index (χ2n) is 8.97. The molecule has 0 unspecified atom stereocenters. The van der Waals surface area contributed by atoms with Crippen molar-refractivity contribution in [3.63, 3.8) is 0 Å². The van der Waals surface area contributed by atoms with Gasteiger partial charge in [0.05, 0.1) is 5.69 Å². The molecule has 6 nitrogen and oxygen atoms in total. The lowest BCUT2D eigenvalue weighted by atomic mass is 9.67. The van der Waals surface area contributed by atoms with Gasteiger partial charge in [-0.3, -0.25) is 14.7 Å². The Morgan fingerprint density at radius 3 is 2.45 bits per heavy atom. The van der Waals surface area contributed by atoms with Crippen LogP contribution in [0.5, 0.6) is 0 Å². The topological polar surface area (TPSA) is 71.0 Å². The molecule has 13 heteroatoms. The molecule has 0 atom stereocenters. The maximum atomic E-state index is 14.8. The zero-order chi connectivity index (χ0) is 24.4. The van der Waals surface area contributed by atoms with Gasteiger partial charge in [0.25, 0.3) is 10.9 Å². The van der Waals surface area contributed by atoms with Crippen molar-refractivity contribution in [3.8, 4) is 0 Å². The van der Waals surface area contributed by atoms with Crippen molar-refractivity contribution in [2.24, 2.45) is 5.41 Å². The minimum Gasteiger partial charge on any atom is -0.320 e. The molecule has 0 spiro atoms. The summed E-state index contributed by atoms with van der Waals surface area (Å²) in [6.45, 7) is 1.07. The number of rotatable bonds is 6. The molecular weight excluding hydrogens is 474 g/mol. The highest BCUT2D eigenvalue weighted by atomic mass is 32.2. The van der Waals surface area contributed by atoms with Crippen LogP contribution in [0.1, 0.15) is 54.4 Å². The number of carbonyl (C=O) groups is 1. The van der Waals surface area contributed by atoms with Crippen LogP contribution in [-0.2, 0) is 18.4 Å². The van der Waals surface area contributed by atoms with E-state index in [4.69, 9.17) is 0 Å². The average Bonchev–Trinajstić information content (AvgIpc) is 3.28. The lowest BCUT2D eigenvalue weighted by Crippen LogP contribution is -2.47. The fraction of sp³-hybridized carbons (Fsp3) is 0.550. The van der Waals surface area contributed by atoms with Gasteiger partial charge in [-0.1, -0.05) is 18.7 Å². The Morgan fingerprint density at radius 1 is 1.30 bits per heavy atom. The maximum absolute atomic E-state index is 14.8. The zero-order valence-electron chi connectivity index (χ0n) is 17.6. The number of nitrogens with zero attached hydrogens (tertiary/aromatic N) is 3. The maximum Gasteiger partial charge on any atom is 0.420 e. The SMILES string of the molecule is CSc1cc(NC(=O)c2c(C(F)(F)F)c(C3(F)CC3)nn2CC2(C)CC(F)(F)C2)cc[n+]1O. The molecule has 0 radical (unpaired) electrons. The molecule has 2 aliphatic carbocycles. The first-order valence-electron chi connectivity index (χ1n) is 10.0. The molecule has 0 aliphatic heterocycles. The number of carbonyl (C=O) groups excluding carboxylic acids is 1. The van der Waals surface area contributed by atoms with Crippen molar-refractivity contribution in [2.75, 3.05) is 11.6 Å². The molecule has 0 aromatic carbocycles. The number of nitrogens with one attached hydrogen (secondary N) is 1. The van der Waals surface area contributed by atoms with E-state index in [1.165, 1.54) is 25.3 Å². The van der Waals surface area contributed by atoms with Gasteiger partial charge in [-0.05, 0) is 24.5 Å². The number of pyridine rings is 1. The number of amides is 1. The Bertz CT molecular complexity index is 1100. The van der Waals surface area contributed by atoms with Crippen LogP contribution in [0.25, 0.3) is 0 Å². The summed E-state index contributed by atoms with van der Waals surface area (Å²) in [6.07, 6.45) is -3.77. The van der Waals surface area contributed by atoms with Crippen LogP contribution in [0.15, 0.2) is 23.4 Å². The molecule has 2 fully saturated rings. The van der Waals surface area contributed by atoms with Gasteiger partial charge in [0.15, 0.2) is 5.67 Å². The van der Waals surface area contributed by atoms with E-state index in [0.717, 1.165) is 16.5 Å². The normalized spacial score (nSPS) is 20.2. The lowest BCUT2D eigenvalue weighted by Gasteiger charge is -2.44. The Kier molecular flexibility index (Phi) is 5.42. The number of hydrogen-bond donors (Lipinski definition) is 2. The highest BCUT2D eigenvalue weighted by Crippen LogP contribution is 2.55. The second kappa shape index (κ2) is 7.54. The Balaban J connectivity index is 1.77. The molecule has 2 N–H and O–H groups in total. The summed E-state index contributed by atoms with van der Waals surface area (Å²) in [6, 6.07) is 2.60. The number of thioether (sulfide) groups is 1. The van der Waals surface area contributed by atoms with Crippen molar-refractivity contribution >= 4 is 23.4 Å². The first-order valence-corrected chi connectivity index (χ1v) is 11.2. The van der Waals surface area contributed by atoms with E-state index in [1.807, 2.05) is 0 Å². The Hall–Kier alpha value is -2.44. The number of halogens is 6. The van der Waals surface area contributed by atoms with Crippen molar-refractivity contribution in [1.29, 1.82) is 0 Å². The smallest absolute Gasteiger partial charge is 0.320 e. The first-order chi connectivity index (χ1) is 15.2. The van der Waals surface area contributed by atoms with Gasteiger partial charge in [-0.25, -0.2) is 13.2 Å². The van der Waals surface area contributed by atoms with Gasteiger partial charge in [0.1, 0.15) is 17.0 Å². The zero-order valence-corrected chi connectivity index (χ0v) is 18.5. The molecule has 2 aliphatic rings. The third-order valence-corrected chi connectivity index (χ3v) is 6.56. The molecule has 33 heavy (non-hydrogen) atoms. The third kappa shape index (κ3) is 4.51. The lowest BCUT2D eigenvalue weighted by molar-refractivity contribution is -0.932. The van der Waals surface area contributed by atoms with Crippen LogP contribution in [0.4, 0.5) is 32.0 Å². The minimum absolute atomic E-state index is 0.0832. The molecule has 2 heterocycles. The third-order valence-electron chi connectivity index (χ3n) is 5.83. The summed E-state index contributed by atoms with van der Waals surface area (Å²) in [5.74, 6) is -4.15. The number of alkyl halides is 6. The summed E-state index contributed by atoms with van der Waals surface area (Å²) in [5, 5.41) is 16.1. The summed E-state index contributed by atoms with van der Waals surface area (Å²) in [7, 11) is 0. The number of hydrogen-bond acceptors (Lipinski definition) is 4. The van der Waals surface area contributed by atoms with Gasteiger partial charge < -0.3 is 5.32 Å². The predicted octanol–water partition coefficient (Wildman–Crippen LogP) is 4.79. The largest absolute Gasteiger partial charge is 0.420 e. The Morgan fingerprint density at radius 2 is 1.94 bits per heavy atom. The van der Waals surface area contributed by atoms with Crippen molar-refractivity contribution in [3.05, 3.63) is 35.3 Å². The Labute approximate surface area is 188 Å². The van der Waals surface area contributed by atoms with Crippen LogP contribution >= 0.6 is 11.8 Å². The van der Waals surface area contributed by atoms with Crippen LogP contribution in [0.3, 0.4) is 0 Å². The van der Waals surface area contributed by atoms with Gasteiger partial charge in [0.2, 0.25) is 12.1 Å². The molecule has 0 bridgehead atoms. The molecule has 1 amide bonds. The summed E-state index contributed by atoms with van der Waals surface area (Å²) >= 11 is 1.12. The minimum atomic E-state index is -5.10. The van der Waals surface area contributed by atoms with Gasteiger partial charge >= 0.3 is 6.18 Å². The quantitative estimate of drug-likeness (QED) is 0.262. The first kappa shape index (κ1) is 23.7. The highest BCUT2D eigenvalue weighted by molar-refractivity contribution is 7.98. The summed E-state index contributed by atoms with van der Waals surface area (Å²) in [4.78, 5) is 13.0.